The largest absolute Gasteiger partial charge is 0.264 e. The summed E-state index contributed by atoms with van der Waals surface area (Å²) in [6, 6.07) is 3.76. The Morgan fingerprint density at radius 2 is 1.64 bits per heavy atom. The van der Waals surface area contributed by atoms with Crippen molar-refractivity contribution in [2.24, 2.45) is 0 Å². The molecule has 1 N–H and O–H groups in total. The molecule has 2 rings (SSSR count). The van der Waals surface area contributed by atoms with Gasteiger partial charge in [0, 0.05) is 10.8 Å². The summed E-state index contributed by atoms with van der Waals surface area (Å²) >= 11 is 1.31. The Kier molecular flexibility index (Phi) is 4.37. The second-order valence-electron chi connectivity index (χ2n) is 6.62. The molecule has 0 bridgehead atoms. The van der Waals surface area contributed by atoms with E-state index in [2.05, 4.69) is 30.5 Å². The van der Waals surface area contributed by atoms with Crippen LogP contribution in [-0.4, -0.2) is 13.4 Å². The van der Waals surface area contributed by atoms with Crippen LogP contribution < -0.4 is 4.72 Å². The van der Waals surface area contributed by atoms with E-state index < -0.39 is 10.0 Å². The summed E-state index contributed by atoms with van der Waals surface area (Å²) in [4.78, 5) is 4.74. The Bertz CT molecular complexity index is 777. The molecular weight excluding hydrogens is 316 g/mol. The molecule has 0 amide bonds. The van der Waals surface area contributed by atoms with Crippen molar-refractivity contribution in [2.75, 3.05) is 4.72 Å². The first-order valence-electron chi connectivity index (χ1n) is 7.07. The minimum absolute atomic E-state index is 0.101. The molecule has 0 aliphatic carbocycles. The summed E-state index contributed by atoms with van der Waals surface area (Å²) in [6.07, 6.45) is 0. The lowest BCUT2D eigenvalue weighted by molar-refractivity contribution is 0.573. The minimum Gasteiger partial charge on any atom is -0.255 e. The fourth-order valence-corrected chi connectivity index (χ4v) is 5.07. The molecule has 6 heteroatoms. The number of aryl methyl sites for hydroxylation is 3. The van der Waals surface area contributed by atoms with Crippen molar-refractivity contribution < 1.29 is 8.42 Å². The molecule has 0 atom stereocenters. The quantitative estimate of drug-likeness (QED) is 0.914. The van der Waals surface area contributed by atoms with E-state index in [1.165, 1.54) is 11.3 Å². The molecule has 1 aromatic carbocycles. The van der Waals surface area contributed by atoms with Crippen LogP contribution in [-0.2, 0) is 15.4 Å². The van der Waals surface area contributed by atoms with Crippen LogP contribution in [0.25, 0.3) is 0 Å². The summed E-state index contributed by atoms with van der Waals surface area (Å²) < 4.78 is 27.9. The van der Waals surface area contributed by atoms with Gasteiger partial charge in [0.05, 0.1) is 10.6 Å². The van der Waals surface area contributed by atoms with Crippen LogP contribution in [0.5, 0.6) is 0 Å². The molecule has 0 saturated heterocycles. The SMILES string of the molecule is Cc1cc(C)c(S(=O)(=O)Nc2nc(C(C)(C)C)cs2)c(C)c1. The van der Waals surface area contributed by atoms with Gasteiger partial charge < -0.3 is 0 Å². The van der Waals surface area contributed by atoms with E-state index in [1.807, 2.05) is 38.3 Å². The number of benzene rings is 1. The van der Waals surface area contributed by atoms with E-state index >= 15 is 0 Å². The molecule has 0 spiro atoms. The lowest BCUT2D eigenvalue weighted by atomic mass is 9.93. The van der Waals surface area contributed by atoms with Gasteiger partial charge in [-0.2, -0.15) is 0 Å². The number of aromatic nitrogens is 1. The zero-order valence-electron chi connectivity index (χ0n) is 13.8. The van der Waals surface area contributed by atoms with Crippen molar-refractivity contribution in [1.29, 1.82) is 0 Å². The van der Waals surface area contributed by atoms with Gasteiger partial charge in [0.1, 0.15) is 0 Å². The van der Waals surface area contributed by atoms with Crippen molar-refractivity contribution in [2.45, 2.75) is 51.9 Å². The van der Waals surface area contributed by atoms with Crippen molar-refractivity contribution in [1.82, 2.24) is 4.98 Å². The van der Waals surface area contributed by atoms with E-state index in [4.69, 9.17) is 0 Å². The fourth-order valence-electron chi connectivity index (χ4n) is 2.42. The van der Waals surface area contributed by atoms with Crippen LogP contribution in [0.3, 0.4) is 0 Å². The molecule has 0 fully saturated rings. The Balaban J connectivity index is 2.39. The van der Waals surface area contributed by atoms with Crippen LogP contribution in [0.15, 0.2) is 22.4 Å². The number of sulfonamides is 1. The number of nitrogens with zero attached hydrogens (tertiary/aromatic N) is 1. The predicted octanol–water partition coefficient (Wildman–Crippen LogP) is 4.17. The van der Waals surface area contributed by atoms with Crippen molar-refractivity contribution in [3.05, 3.63) is 39.9 Å². The Hall–Kier alpha value is -1.40. The number of hydrogen-bond donors (Lipinski definition) is 1. The first-order valence-corrected chi connectivity index (χ1v) is 9.43. The highest BCUT2D eigenvalue weighted by Crippen LogP contribution is 2.29. The van der Waals surface area contributed by atoms with Crippen LogP contribution in [0, 0.1) is 20.8 Å². The van der Waals surface area contributed by atoms with E-state index in [0.717, 1.165) is 22.4 Å². The van der Waals surface area contributed by atoms with Gasteiger partial charge in [-0.15, -0.1) is 11.3 Å². The summed E-state index contributed by atoms with van der Waals surface area (Å²) in [5.41, 5.74) is 3.33. The lowest BCUT2D eigenvalue weighted by Gasteiger charge is -2.15. The summed E-state index contributed by atoms with van der Waals surface area (Å²) in [6.45, 7) is 11.7. The third-order valence-corrected chi connectivity index (χ3v) is 5.90. The first-order chi connectivity index (χ1) is 10.0. The summed E-state index contributed by atoms with van der Waals surface area (Å²) in [7, 11) is -3.63. The monoisotopic (exact) mass is 338 g/mol. The summed E-state index contributed by atoms with van der Waals surface area (Å²) in [5.74, 6) is 0. The molecular formula is C16H22N2O2S2. The van der Waals surface area contributed by atoms with Crippen molar-refractivity contribution in [3.63, 3.8) is 0 Å². The fraction of sp³-hybridized carbons (Fsp3) is 0.438. The Morgan fingerprint density at radius 1 is 1.09 bits per heavy atom. The van der Waals surface area contributed by atoms with Gasteiger partial charge in [-0.1, -0.05) is 38.5 Å². The van der Waals surface area contributed by atoms with E-state index in [-0.39, 0.29) is 5.41 Å². The molecule has 0 radical (unpaired) electrons. The van der Waals surface area contributed by atoms with E-state index in [9.17, 15) is 8.42 Å². The van der Waals surface area contributed by atoms with Gasteiger partial charge in [0.2, 0.25) is 0 Å². The second kappa shape index (κ2) is 5.66. The maximum atomic E-state index is 12.7. The molecule has 2 aromatic rings. The van der Waals surface area contributed by atoms with Gasteiger partial charge in [-0.3, -0.25) is 4.72 Å². The molecule has 0 aliphatic heterocycles. The third-order valence-electron chi connectivity index (χ3n) is 3.37. The minimum atomic E-state index is -3.63. The Labute approximate surface area is 136 Å². The average molecular weight is 338 g/mol. The molecule has 0 saturated carbocycles. The molecule has 0 unspecified atom stereocenters. The Morgan fingerprint density at radius 3 is 2.09 bits per heavy atom. The third kappa shape index (κ3) is 3.50. The molecule has 1 heterocycles. The lowest BCUT2D eigenvalue weighted by Crippen LogP contribution is -2.17. The number of rotatable bonds is 3. The average Bonchev–Trinajstić information content (AvgIpc) is 2.73. The number of hydrogen-bond acceptors (Lipinski definition) is 4. The second-order valence-corrected chi connectivity index (χ2v) is 9.10. The van der Waals surface area contributed by atoms with Gasteiger partial charge in [-0.25, -0.2) is 13.4 Å². The number of thiazole rings is 1. The predicted molar refractivity (Wildman–Crippen MR) is 92.3 cm³/mol. The van der Waals surface area contributed by atoms with Crippen LogP contribution in [0.2, 0.25) is 0 Å². The zero-order chi connectivity index (χ0) is 16.7. The van der Waals surface area contributed by atoms with Gasteiger partial charge in [0.25, 0.3) is 10.0 Å². The van der Waals surface area contributed by atoms with Crippen molar-refractivity contribution >= 4 is 26.5 Å². The first kappa shape index (κ1) is 17.0. The zero-order valence-corrected chi connectivity index (χ0v) is 15.4. The van der Waals surface area contributed by atoms with Crippen LogP contribution >= 0.6 is 11.3 Å². The standard InChI is InChI=1S/C16H22N2O2S2/c1-10-7-11(2)14(12(3)8-10)22(19,20)18-15-17-13(9-21-15)16(4,5)6/h7-9H,1-6H3,(H,17,18). The number of anilines is 1. The van der Waals surface area contributed by atoms with Gasteiger partial charge >= 0.3 is 0 Å². The highest BCUT2D eigenvalue weighted by atomic mass is 32.2. The number of nitrogens with one attached hydrogen (secondary N) is 1. The van der Waals surface area contributed by atoms with Gasteiger partial charge in [-0.05, 0) is 31.9 Å². The highest BCUT2D eigenvalue weighted by molar-refractivity contribution is 7.93. The molecule has 120 valence electrons. The van der Waals surface area contributed by atoms with E-state index in [0.29, 0.717) is 10.0 Å². The van der Waals surface area contributed by atoms with Gasteiger partial charge in [0.15, 0.2) is 5.13 Å². The maximum absolute atomic E-state index is 12.7. The maximum Gasteiger partial charge on any atom is 0.264 e. The molecule has 22 heavy (non-hydrogen) atoms. The molecule has 4 nitrogen and oxygen atoms in total. The smallest absolute Gasteiger partial charge is 0.255 e. The topological polar surface area (TPSA) is 59.1 Å². The summed E-state index contributed by atoms with van der Waals surface area (Å²) in [5, 5.41) is 2.30. The molecule has 0 aliphatic rings. The molecule has 1 aromatic heterocycles. The van der Waals surface area contributed by atoms with Crippen molar-refractivity contribution in [3.8, 4) is 0 Å². The van der Waals surface area contributed by atoms with Crippen LogP contribution in [0.4, 0.5) is 5.13 Å². The normalized spacial score (nSPS) is 12.5. The van der Waals surface area contributed by atoms with Crippen LogP contribution in [0.1, 0.15) is 43.2 Å². The highest BCUT2D eigenvalue weighted by Gasteiger charge is 2.23. The van der Waals surface area contributed by atoms with E-state index in [1.54, 1.807) is 0 Å².